The molecule has 0 aromatic heterocycles. The lowest BCUT2D eigenvalue weighted by atomic mass is 10.1. The highest BCUT2D eigenvalue weighted by Gasteiger charge is 1.90. The van der Waals surface area contributed by atoms with Crippen molar-refractivity contribution in [3.8, 4) is 0 Å². The first-order valence-electron chi connectivity index (χ1n) is 6.62. The molecule has 1 radical (unpaired) electrons. The Morgan fingerprint density at radius 1 is 0.500 bits per heavy atom. The molecule has 0 nitrogen and oxygen atoms in total. The molecule has 14 heavy (non-hydrogen) atoms. The molecule has 0 aliphatic carbocycles. The van der Waals surface area contributed by atoms with Gasteiger partial charge in [0.15, 0.2) is 0 Å². The van der Waals surface area contributed by atoms with Gasteiger partial charge in [0.05, 0.1) is 0 Å². The molecule has 0 aliphatic heterocycles. The molecule has 0 aromatic carbocycles. The van der Waals surface area contributed by atoms with Crippen molar-refractivity contribution in [1.82, 2.24) is 0 Å². The van der Waals surface area contributed by atoms with E-state index >= 15 is 0 Å². The molecule has 0 spiro atoms. The van der Waals surface area contributed by atoms with E-state index in [1.807, 2.05) is 0 Å². The van der Waals surface area contributed by atoms with Crippen LogP contribution in [0.4, 0.5) is 0 Å². The maximum absolute atomic E-state index is 3.25. The summed E-state index contributed by atoms with van der Waals surface area (Å²) in [6.07, 6.45) is 14.4. The highest BCUT2D eigenvalue weighted by molar-refractivity contribution is 4.45. The maximum Gasteiger partial charge on any atom is -0.0533 e. The smallest absolute Gasteiger partial charge is 0.0533 e. The Balaban J connectivity index is 0. The molecule has 0 saturated carbocycles. The minimum absolute atomic E-state index is 1.37. The van der Waals surface area contributed by atoms with Gasteiger partial charge in [-0.05, 0) is 0 Å². The Hall–Kier alpha value is 0. The van der Waals surface area contributed by atoms with Crippen molar-refractivity contribution in [1.29, 1.82) is 0 Å². The van der Waals surface area contributed by atoms with Gasteiger partial charge in [0.25, 0.3) is 0 Å². The average molecular weight is 199 g/mol. The molecular weight excluding hydrogens is 168 g/mol. The van der Waals surface area contributed by atoms with Crippen LogP contribution in [-0.4, -0.2) is 0 Å². The fourth-order valence-electron chi connectivity index (χ4n) is 1.56. The van der Waals surface area contributed by atoms with E-state index in [2.05, 4.69) is 20.8 Å². The minimum atomic E-state index is 1.37. The fourth-order valence-corrected chi connectivity index (χ4v) is 1.56. The van der Waals surface area contributed by atoms with Crippen LogP contribution < -0.4 is 0 Å². The molecule has 0 atom stereocenters. The van der Waals surface area contributed by atoms with Gasteiger partial charge in [-0.15, -0.1) is 0 Å². The molecule has 0 unspecified atom stereocenters. The molecule has 0 rings (SSSR count). The van der Waals surface area contributed by atoms with Crippen LogP contribution in [0.15, 0.2) is 0 Å². The Morgan fingerprint density at radius 3 is 0.929 bits per heavy atom. The second kappa shape index (κ2) is 18.7. The third kappa shape index (κ3) is 17.9. The van der Waals surface area contributed by atoms with Crippen LogP contribution in [0.2, 0.25) is 0 Å². The van der Waals surface area contributed by atoms with E-state index in [9.17, 15) is 0 Å². The average Bonchev–Trinajstić information content (AvgIpc) is 2.25. The summed E-state index contributed by atoms with van der Waals surface area (Å²) in [6, 6.07) is 0. The van der Waals surface area contributed by atoms with Crippen molar-refractivity contribution in [2.75, 3.05) is 0 Å². The SMILES string of the molecule is CCCCCCCCCCCC.[CH2]C. The second-order valence-corrected chi connectivity index (χ2v) is 3.83. The topological polar surface area (TPSA) is 0 Å². The van der Waals surface area contributed by atoms with Crippen molar-refractivity contribution in [2.45, 2.75) is 85.0 Å². The molecule has 0 heteroatoms. The molecule has 0 fully saturated rings. The molecule has 0 saturated heterocycles. The third-order valence-corrected chi connectivity index (χ3v) is 2.46. The van der Waals surface area contributed by atoms with Gasteiger partial charge in [-0.2, -0.15) is 0 Å². The van der Waals surface area contributed by atoms with Crippen molar-refractivity contribution < 1.29 is 0 Å². The first-order chi connectivity index (χ1) is 6.91. The zero-order valence-electron chi connectivity index (χ0n) is 10.8. The van der Waals surface area contributed by atoms with Gasteiger partial charge in [0.2, 0.25) is 0 Å². The van der Waals surface area contributed by atoms with E-state index in [1.54, 1.807) is 6.92 Å². The molecule has 0 N–H and O–H groups in total. The normalized spacial score (nSPS) is 9.43. The van der Waals surface area contributed by atoms with Crippen LogP contribution in [-0.2, 0) is 0 Å². The van der Waals surface area contributed by atoms with Crippen molar-refractivity contribution in [3.05, 3.63) is 6.92 Å². The summed E-state index contributed by atoms with van der Waals surface area (Å²) in [5.41, 5.74) is 0. The molecule has 0 aliphatic rings. The molecule has 87 valence electrons. The molecule has 0 heterocycles. The highest BCUT2D eigenvalue weighted by atomic mass is 14.0. The van der Waals surface area contributed by atoms with Crippen molar-refractivity contribution in [2.24, 2.45) is 0 Å². The lowest BCUT2D eigenvalue weighted by molar-refractivity contribution is 0.562. The van der Waals surface area contributed by atoms with E-state index in [0.717, 1.165) is 0 Å². The molecule has 0 aromatic rings. The monoisotopic (exact) mass is 199 g/mol. The van der Waals surface area contributed by atoms with Crippen LogP contribution in [0.5, 0.6) is 0 Å². The summed E-state index contributed by atoms with van der Waals surface area (Å²) >= 11 is 0. The Labute approximate surface area is 92.5 Å². The first-order valence-corrected chi connectivity index (χ1v) is 6.62. The van der Waals surface area contributed by atoms with Gasteiger partial charge in [0.1, 0.15) is 0 Å². The Kier molecular flexibility index (Phi) is 22.0. The maximum atomic E-state index is 3.25. The minimum Gasteiger partial charge on any atom is -0.0654 e. The van der Waals surface area contributed by atoms with Crippen LogP contribution in [0.1, 0.15) is 85.0 Å². The predicted molar refractivity (Wildman–Crippen MR) is 68.5 cm³/mol. The zero-order chi connectivity index (χ0) is 11.1. The van der Waals surface area contributed by atoms with E-state index in [0.29, 0.717) is 0 Å². The van der Waals surface area contributed by atoms with Crippen molar-refractivity contribution >= 4 is 0 Å². The lowest BCUT2D eigenvalue weighted by Crippen LogP contribution is -1.80. The predicted octanol–water partition coefficient (Wildman–Crippen LogP) is 5.77. The van der Waals surface area contributed by atoms with E-state index in [1.165, 1.54) is 64.2 Å². The van der Waals surface area contributed by atoms with Crippen LogP contribution in [0, 0.1) is 6.92 Å². The molecule has 0 amide bonds. The van der Waals surface area contributed by atoms with Gasteiger partial charge >= 0.3 is 0 Å². The van der Waals surface area contributed by atoms with Crippen LogP contribution >= 0.6 is 0 Å². The van der Waals surface area contributed by atoms with Gasteiger partial charge < -0.3 is 0 Å². The second-order valence-electron chi connectivity index (χ2n) is 3.83. The first kappa shape index (κ1) is 16.4. The standard InChI is InChI=1S/C12H26.C2H5/c1-3-5-7-9-11-12-10-8-6-4-2;1-2/h3-12H2,1-2H3;1H2,2H3. The summed E-state index contributed by atoms with van der Waals surface area (Å²) in [5, 5.41) is 0. The summed E-state index contributed by atoms with van der Waals surface area (Å²) < 4.78 is 0. The number of hydrogen-bond acceptors (Lipinski definition) is 0. The Morgan fingerprint density at radius 2 is 0.714 bits per heavy atom. The summed E-state index contributed by atoms with van der Waals surface area (Å²) in [4.78, 5) is 0. The number of rotatable bonds is 9. The summed E-state index contributed by atoms with van der Waals surface area (Å²) in [7, 11) is 0. The van der Waals surface area contributed by atoms with Gasteiger partial charge in [0, 0.05) is 0 Å². The molecule has 0 bridgehead atoms. The van der Waals surface area contributed by atoms with Gasteiger partial charge in [-0.3, -0.25) is 0 Å². The highest BCUT2D eigenvalue weighted by Crippen LogP contribution is 2.09. The number of hydrogen-bond donors (Lipinski definition) is 0. The zero-order valence-corrected chi connectivity index (χ0v) is 10.8. The largest absolute Gasteiger partial charge is 0.0654 e. The third-order valence-electron chi connectivity index (χ3n) is 2.46. The van der Waals surface area contributed by atoms with Crippen LogP contribution in [0.25, 0.3) is 0 Å². The van der Waals surface area contributed by atoms with E-state index in [4.69, 9.17) is 0 Å². The van der Waals surface area contributed by atoms with Crippen molar-refractivity contribution in [3.63, 3.8) is 0 Å². The lowest BCUT2D eigenvalue weighted by Gasteiger charge is -1.99. The fraction of sp³-hybridized carbons (Fsp3) is 0.929. The Bertz CT molecular complexity index is 56.4. The van der Waals surface area contributed by atoms with Crippen LogP contribution in [0.3, 0.4) is 0 Å². The van der Waals surface area contributed by atoms with Gasteiger partial charge in [-0.25, -0.2) is 0 Å². The number of unbranched alkanes of at least 4 members (excludes halogenated alkanes) is 9. The summed E-state index contributed by atoms with van der Waals surface area (Å²) in [5.74, 6) is 0. The van der Waals surface area contributed by atoms with Gasteiger partial charge in [-0.1, -0.05) is 91.9 Å². The van der Waals surface area contributed by atoms with E-state index in [-0.39, 0.29) is 0 Å². The summed E-state index contributed by atoms with van der Waals surface area (Å²) in [6.45, 7) is 9.56. The molecular formula is C14H31. The quantitative estimate of drug-likeness (QED) is 0.414. The van der Waals surface area contributed by atoms with E-state index < -0.39 is 0 Å².